The van der Waals surface area contributed by atoms with E-state index in [0.717, 1.165) is 6.42 Å². The molecule has 7 nitrogen and oxygen atoms in total. The van der Waals surface area contributed by atoms with Crippen molar-refractivity contribution in [2.75, 3.05) is 23.3 Å². The van der Waals surface area contributed by atoms with E-state index >= 15 is 0 Å². The largest absolute Gasteiger partial charge is 0.493 e. The minimum absolute atomic E-state index is 0.0904. The van der Waals surface area contributed by atoms with Crippen molar-refractivity contribution in [1.82, 2.24) is 0 Å². The van der Waals surface area contributed by atoms with Crippen molar-refractivity contribution in [1.29, 1.82) is 0 Å². The summed E-state index contributed by atoms with van der Waals surface area (Å²) in [6.45, 7) is 4.64. The van der Waals surface area contributed by atoms with Gasteiger partial charge in [0, 0.05) is 12.3 Å². The third-order valence-corrected chi connectivity index (χ3v) is 6.59. The highest BCUT2D eigenvalue weighted by Gasteiger charge is 2.24. The molecule has 0 radical (unpaired) electrons. The monoisotopic (exact) mass is 482 g/mol. The average molecular weight is 483 g/mol. The van der Waals surface area contributed by atoms with Gasteiger partial charge in [-0.1, -0.05) is 6.07 Å². The average Bonchev–Trinajstić information content (AvgIpc) is 3.20. The number of carbonyl (C=O) groups is 1. The van der Waals surface area contributed by atoms with Crippen molar-refractivity contribution in [3.8, 4) is 5.75 Å². The van der Waals surface area contributed by atoms with Gasteiger partial charge in [0.1, 0.15) is 11.9 Å². The molecule has 0 bridgehead atoms. The van der Waals surface area contributed by atoms with Gasteiger partial charge in [0.05, 0.1) is 21.7 Å². The Kier molecular flexibility index (Phi) is 6.81. The molecule has 0 aliphatic carbocycles. The van der Waals surface area contributed by atoms with E-state index < -0.39 is 16.1 Å². The summed E-state index contributed by atoms with van der Waals surface area (Å²) < 4.78 is 39.9. The molecular formula is C20H23BrN2O5S. The second kappa shape index (κ2) is 9.15. The maximum atomic E-state index is 12.9. The Labute approximate surface area is 179 Å². The minimum Gasteiger partial charge on any atom is -0.493 e. The predicted octanol–water partition coefficient (Wildman–Crippen LogP) is 4.07. The molecule has 0 unspecified atom stereocenters. The normalized spacial score (nSPS) is 16.4. The Morgan fingerprint density at radius 1 is 1.24 bits per heavy atom. The van der Waals surface area contributed by atoms with E-state index in [1.165, 1.54) is 6.07 Å². The first-order chi connectivity index (χ1) is 13.8. The van der Waals surface area contributed by atoms with Gasteiger partial charge >= 0.3 is 0 Å². The maximum Gasteiger partial charge on any atom is 0.262 e. The molecular weight excluding hydrogens is 460 g/mol. The number of hydrogen-bond acceptors (Lipinski definition) is 5. The summed E-state index contributed by atoms with van der Waals surface area (Å²) in [5.74, 6) is 0.364. The quantitative estimate of drug-likeness (QED) is 0.619. The van der Waals surface area contributed by atoms with Crippen LogP contribution in [-0.2, 0) is 19.6 Å². The molecule has 9 heteroatoms. The van der Waals surface area contributed by atoms with E-state index in [9.17, 15) is 13.2 Å². The van der Waals surface area contributed by atoms with Crippen LogP contribution >= 0.6 is 15.9 Å². The van der Waals surface area contributed by atoms with Crippen molar-refractivity contribution >= 4 is 43.2 Å². The van der Waals surface area contributed by atoms with Crippen molar-refractivity contribution < 1.29 is 22.7 Å². The molecule has 3 rings (SSSR count). The lowest BCUT2D eigenvalue weighted by molar-refractivity contribution is -0.124. The molecule has 1 fully saturated rings. The zero-order valence-electron chi connectivity index (χ0n) is 16.2. The van der Waals surface area contributed by atoms with E-state index in [0.29, 0.717) is 46.8 Å². The first kappa shape index (κ1) is 21.6. The van der Waals surface area contributed by atoms with Gasteiger partial charge in [0.2, 0.25) is 0 Å². The molecule has 0 spiro atoms. The van der Waals surface area contributed by atoms with Gasteiger partial charge in [0.15, 0.2) is 0 Å². The SMILES string of the molecule is CCOc1ccc(NS(=O)(=O)c2cc(NC(=O)[C@H]3CCCO3)ccc2C)cc1Br. The highest BCUT2D eigenvalue weighted by atomic mass is 79.9. The molecule has 156 valence electrons. The lowest BCUT2D eigenvalue weighted by atomic mass is 10.2. The lowest BCUT2D eigenvalue weighted by Crippen LogP contribution is -2.27. The van der Waals surface area contributed by atoms with E-state index in [2.05, 4.69) is 26.0 Å². The molecule has 2 aromatic rings. The van der Waals surface area contributed by atoms with Crippen LogP contribution in [0.4, 0.5) is 11.4 Å². The van der Waals surface area contributed by atoms with Gasteiger partial charge in [-0.2, -0.15) is 0 Å². The molecule has 1 aliphatic rings. The third-order valence-electron chi connectivity index (χ3n) is 4.45. The topological polar surface area (TPSA) is 93.7 Å². The van der Waals surface area contributed by atoms with Crippen LogP contribution in [0.5, 0.6) is 5.75 Å². The summed E-state index contributed by atoms with van der Waals surface area (Å²) in [5.41, 5.74) is 1.37. The van der Waals surface area contributed by atoms with Crippen molar-refractivity contribution in [3.63, 3.8) is 0 Å². The number of amides is 1. The number of sulfonamides is 1. The lowest BCUT2D eigenvalue weighted by Gasteiger charge is -2.15. The Balaban J connectivity index is 1.80. The summed E-state index contributed by atoms with van der Waals surface area (Å²) in [6, 6.07) is 9.75. The number of rotatable bonds is 7. The minimum atomic E-state index is -3.86. The molecule has 0 saturated carbocycles. The number of halogens is 1. The number of benzene rings is 2. The Hall–Kier alpha value is -2.10. The van der Waals surface area contributed by atoms with Gasteiger partial charge in [-0.25, -0.2) is 8.42 Å². The van der Waals surface area contributed by atoms with Gasteiger partial charge in [-0.05, 0) is 78.5 Å². The van der Waals surface area contributed by atoms with Crippen LogP contribution in [0.15, 0.2) is 45.8 Å². The Morgan fingerprint density at radius 3 is 2.66 bits per heavy atom. The first-order valence-corrected chi connectivity index (χ1v) is 11.6. The fourth-order valence-corrected chi connectivity index (χ4v) is 4.84. The number of hydrogen-bond donors (Lipinski definition) is 2. The van der Waals surface area contributed by atoms with E-state index in [1.54, 1.807) is 37.3 Å². The standard InChI is InChI=1S/C20H23BrN2O5S/c1-3-27-17-9-8-15(11-16(17)21)23-29(25,26)19-12-14(7-6-13(19)2)22-20(24)18-5-4-10-28-18/h6-9,11-12,18,23H,3-5,10H2,1-2H3,(H,22,24)/t18-/m1/s1. The maximum absolute atomic E-state index is 12.9. The molecule has 29 heavy (non-hydrogen) atoms. The summed E-state index contributed by atoms with van der Waals surface area (Å²) in [7, 11) is -3.86. The van der Waals surface area contributed by atoms with Crippen LogP contribution < -0.4 is 14.8 Å². The number of carbonyl (C=O) groups excluding carboxylic acids is 1. The number of ether oxygens (including phenoxy) is 2. The molecule has 2 N–H and O–H groups in total. The van der Waals surface area contributed by atoms with Gasteiger partial charge in [-0.3, -0.25) is 9.52 Å². The van der Waals surface area contributed by atoms with Crippen LogP contribution in [-0.4, -0.2) is 33.6 Å². The van der Waals surface area contributed by atoms with Crippen LogP contribution in [0, 0.1) is 6.92 Å². The van der Waals surface area contributed by atoms with Crippen molar-refractivity contribution in [3.05, 3.63) is 46.4 Å². The van der Waals surface area contributed by atoms with Gasteiger partial charge < -0.3 is 14.8 Å². The molecule has 0 aromatic heterocycles. The summed E-state index contributed by atoms with van der Waals surface area (Å²) >= 11 is 3.38. The second-order valence-electron chi connectivity index (χ2n) is 6.65. The Morgan fingerprint density at radius 2 is 2.00 bits per heavy atom. The second-order valence-corrected chi connectivity index (χ2v) is 9.16. The van der Waals surface area contributed by atoms with Crippen LogP contribution in [0.3, 0.4) is 0 Å². The third kappa shape index (κ3) is 5.29. The Bertz CT molecular complexity index is 1000. The van der Waals surface area contributed by atoms with Crippen LogP contribution in [0.1, 0.15) is 25.3 Å². The van der Waals surface area contributed by atoms with Crippen LogP contribution in [0.25, 0.3) is 0 Å². The van der Waals surface area contributed by atoms with Crippen molar-refractivity contribution in [2.24, 2.45) is 0 Å². The molecule has 1 amide bonds. The fraction of sp³-hybridized carbons (Fsp3) is 0.350. The smallest absolute Gasteiger partial charge is 0.262 e. The fourth-order valence-electron chi connectivity index (χ4n) is 3.02. The zero-order valence-corrected chi connectivity index (χ0v) is 18.6. The molecule has 1 saturated heterocycles. The number of nitrogens with one attached hydrogen (secondary N) is 2. The first-order valence-electron chi connectivity index (χ1n) is 9.28. The predicted molar refractivity (Wildman–Crippen MR) is 115 cm³/mol. The van der Waals surface area contributed by atoms with E-state index in [4.69, 9.17) is 9.47 Å². The number of anilines is 2. The molecule has 1 atom stereocenters. The zero-order chi connectivity index (χ0) is 21.0. The molecule has 2 aromatic carbocycles. The van der Waals surface area contributed by atoms with Crippen molar-refractivity contribution in [2.45, 2.75) is 37.7 Å². The molecule has 1 heterocycles. The van der Waals surface area contributed by atoms with Crippen LogP contribution in [0.2, 0.25) is 0 Å². The van der Waals surface area contributed by atoms with E-state index in [1.807, 2.05) is 6.92 Å². The summed E-state index contributed by atoms with van der Waals surface area (Å²) in [6.07, 6.45) is 1.01. The number of aryl methyl sites for hydroxylation is 1. The van der Waals surface area contributed by atoms with Gasteiger partial charge in [-0.15, -0.1) is 0 Å². The van der Waals surface area contributed by atoms with E-state index in [-0.39, 0.29) is 10.8 Å². The molecule has 1 aliphatic heterocycles. The summed E-state index contributed by atoms with van der Waals surface area (Å²) in [4.78, 5) is 12.3. The van der Waals surface area contributed by atoms with Gasteiger partial charge in [0.25, 0.3) is 15.9 Å². The summed E-state index contributed by atoms with van der Waals surface area (Å²) in [5, 5.41) is 2.74. The highest BCUT2D eigenvalue weighted by molar-refractivity contribution is 9.10. The highest BCUT2D eigenvalue weighted by Crippen LogP contribution is 2.30.